The third kappa shape index (κ3) is 3.56. The van der Waals surface area contributed by atoms with Gasteiger partial charge in [0.25, 0.3) is 0 Å². The van der Waals surface area contributed by atoms with Crippen molar-refractivity contribution in [3.63, 3.8) is 0 Å². The first kappa shape index (κ1) is 12.1. The SMILES string of the molecule is CCC(C)Oc1ccc(C(O)CC)cc1. The molecule has 0 spiro atoms. The van der Waals surface area contributed by atoms with Crippen LogP contribution in [0.25, 0.3) is 0 Å². The van der Waals surface area contributed by atoms with E-state index in [1.54, 1.807) is 0 Å². The van der Waals surface area contributed by atoms with Gasteiger partial charge in [-0.05, 0) is 37.5 Å². The smallest absolute Gasteiger partial charge is 0.119 e. The fraction of sp³-hybridized carbons (Fsp3) is 0.538. The Hall–Kier alpha value is -1.02. The topological polar surface area (TPSA) is 29.5 Å². The van der Waals surface area contributed by atoms with Crippen LogP contribution in [-0.4, -0.2) is 11.2 Å². The molecule has 0 aliphatic heterocycles. The van der Waals surface area contributed by atoms with E-state index in [2.05, 4.69) is 13.8 Å². The average Bonchev–Trinajstić information content (AvgIpc) is 2.29. The molecule has 1 aromatic carbocycles. The number of hydrogen-bond acceptors (Lipinski definition) is 2. The highest BCUT2D eigenvalue weighted by Gasteiger charge is 2.05. The Morgan fingerprint density at radius 2 is 1.73 bits per heavy atom. The predicted molar refractivity (Wildman–Crippen MR) is 62.1 cm³/mol. The Labute approximate surface area is 91.9 Å². The van der Waals surface area contributed by atoms with Gasteiger partial charge in [-0.2, -0.15) is 0 Å². The molecule has 0 saturated heterocycles. The lowest BCUT2D eigenvalue weighted by molar-refractivity contribution is 0.173. The fourth-order valence-electron chi connectivity index (χ4n) is 1.32. The molecule has 0 aromatic heterocycles. The van der Waals surface area contributed by atoms with Crippen molar-refractivity contribution in [3.05, 3.63) is 29.8 Å². The van der Waals surface area contributed by atoms with Crippen molar-refractivity contribution in [2.45, 2.75) is 45.8 Å². The third-order valence-corrected chi connectivity index (χ3v) is 2.56. The molecule has 1 aromatic rings. The molecule has 0 bridgehead atoms. The Morgan fingerprint density at radius 1 is 1.13 bits per heavy atom. The monoisotopic (exact) mass is 208 g/mol. The maximum atomic E-state index is 9.61. The summed E-state index contributed by atoms with van der Waals surface area (Å²) in [6.45, 7) is 6.11. The van der Waals surface area contributed by atoms with Crippen molar-refractivity contribution >= 4 is 0 Å². The van der Waals surface area contributed by atoms with Crippen LogP contribution in [0.4, 0.5) is 0 Å². The molecule has 2 heteroatoms. The summed E-state index contributed by atoms with van der Waals surface area (Å²) in [7, 11) is 0. The molecule has 0 radical (unpaired) electrons. The maximum Gasteiger partial charge on any atom is 0.119 e. The summed E-state index contributed by atoms with van der Waals surface area (Å²) >= 11 is 0. The van der Waals surface area contributed by atoms with Gasteiger partial charge in [0.2, 0.25) is 0 Å². The van der Waals surface area contributed by atoms with E-state index in [4.69, 9.17) is 4.74 Å². The van der Waals surface area contributed by atoms with Crippen molar-refractivity contribution < 1.29 is 9.84 Å². The number of benzene rings is 1. The van der Waals surface area contributed by atoms with Crippen LogP contribution in [0.15, 0.2) is 24.3 Å². The second-order valence-corrected chi connectivity index (χ2v) is 3.83. The van der Waals surface area contributed by atoms with E-state index in [1.165, 1.54) is 0 Å². The highest BCUT2D eigenvalue weighted by atomic mass is 16.5. The molecule has 0 aliphatic carbocycles. The van der Waals surface area contributed by atoms with Crippen molar-refractivity contribution in [1.82, 2.24) is 0 Å². The summed E-state index contributed by atoms with van der Waals surface area (Å²) < 4.78 is 5.65. The van der Waals surface area contributed by atoms with Gasteiger partial charge in [0, 0.05) is 0 Å². The molecule has 0 fully saturated rings. The third-order valence-electron chi connectivity index (χ3n) is 2.56. The minimum Gasteiger partial charge on any atom is -0.491 e. The molecule has 1 N–H and O–H groups in total. The summed E-state index contributed by atoms with van der Waals surface area (Å²) in [5.41, 5.74) is 0.953. The van der Waals surface area contributed by atoms with E-state index in [0.29, 0.717) is 0 Å². The van der Waals surface area contributed by atoms with Gasteiger partial charge in [-0.25, -0.2) is 0 Å². The van der Waals surface area contributed by atoms with Gasteiger partial charge in [0.15, 0.2) is 0 Å². The zero-order valence-electron chi connectivity index (χ0n) is 9.73. The molecule has 0 heterocycles. The van der Waals surface area contributed by atoms with Crippen LogP contribution >= 0.6 is 0 Å². The van der Waals surface area contributed by atoms with Gasteiger partial charge in [-0.3, -0.25) is 0 Å². The minimum absolute atomic E-state index is 0.243. The lowest BCUT2D eigenvalue weighted by Gasteiger charge is -2.13. The second kappa shape index (κ2) is 5.76. The Bertz CT molecular complexity index is 279. The Kier molecular flexibility index (Phi) is 4.63. The van der Waals surface area contributed by atoms with Gasteiger partial charge in [0.05, 0.1) is 12.2 Å². The van der Waals surface area contributed by atoms with Crippen LogP contribution < -0.4 is 4.74 Å². The molecule has 0 aliphatic rings. The highest BCUT2D eigenvalue weighted by molar-refractivity contribution is 5.28. The zero-order valence-corrected chi connectivity index (χ0v) is 9.73. The molecular weight excluding hydrogens is 188 g/mol. The Balaban J connectivity index is 2.64. The predicted octanol–water partition coefficient (Wildman–Crippen LogP) is 3.31. The van der Waals surface area contributed by atoms with E-state index in [9.17, 15) is 5.11 Å². The molecule has 0 amide bonds. The van der Waals surface area contributed by atoms with Crippen molar-refractivity contribution in [1.29, 1.82) is 0 Å². The summed E-state index contributed by atoms with van der Waals surface area (Å²) in [4.78, 5) is 0. The van der Waals surface area contributed by atoms with Gasteiger partial charge >= 0.3 is 0 Å². The van der Waals surface area contributed by atoms with Crippen LogP contribution in [0.3, 0.4) is 0 Å². The van der Waals surface area contributed by atoms with Crippen LogP contribution in [0.1, 0.15) is 45.3 Å². The summed E-state index contributed by atoms with van der Waals surface area (Å²) in [6.07, 6.45) is 1.62. The van der Waals surface area contributed by atoms with Crippen molar-refractivity contribution in [2.75, 3.05) is 0 Å². The quantitative estimate of drug-likeness (QED) is 0.804. The summed E-state index contributed by atoms with van der Waals surface area (Å²) in [5.74, 6) is 0.872. The largest absolute Gasteiger partial charge is 0.491 e. The van der Waals surface area contributed by atoms with Crippen LogP contribution in [0.5, 0.6) is 5.75 Å². The first-order valence-corrected chi connectivity index (χ1v) is 5.62. The zero-order chi connectivity index (χ0) is 11.3. The number of rotatable bonds is 5. The van der Waals surface area contributed by atoms with Gasteiger partial charge in [0.1, 0.15) is 5.75 Å². The highest BCUT2D eigenvalue weighted by Crippen LogP contribution is 2.20. The molecule has 84 valence electrons. The average molecular weight is 208 g/mol. The Morgan fingerprint density at radius 3 is 2.20 bits per heavy atom. The lowest BCUT2D eigenvalue weighted by Crippen LogP contribution is -2.09. The molecule has 0 saturated carbocycles. The molecule has 15 heavy (non-hydrogen) atoms. The molecular formula is C13H20O2. The fourth-order valence-corrected chi connectivity index (χ4v) is 1.32. The second-order valence-electron chi connectivity index (χ2n) is 3.83. The van der Waals surface area contributed by atoms with Gasteiger partial charge in [-0.1, -0.05) is 26.0 Å². The van der Waals surface area contributed by atoms with Crippen LogP contribution in [-0.2, 0) is 0 Å². The van der Waals surface area contributed by atoms with Gasteiger partial charge < -0.3 is 9.84 Å². The minimum atomic E-state index is -0.359. The standard InChI is InChI=1S/C13H20O2/c1-4-10(3)15-12-8-6-11(7-9-12)13(14)5-2/h6-10,13-14H,4-5H2,1-3H3. The molecule has 2 unspecified atom stereocenters. The van der Waals surface area contributed by atoms with E-state index in [0.717, 1.165) is 24.2 Å². The van der Waals surface area contributed by atoms with E-state index in [1.807, 2.05) is 31.2 Å². The summed E-state index contributed by atoms with van der Waals surface area (Å²) in [5, 5.41) is 9.61. The number of ether oxygens (including phenoxy) is 1. The molecule has 2 nitrogen and oxygen atoms in total. The van der Waals surface area contributed by atoms with Crippen molar-refractivity contribution in [2.24, 2.45) is 0 Å². The van der Waals surface area contributed by atoms with E-state index in [-0.39, 0.29) is 12.2 Å². The van der Waals surface area contributed by atoms with Crippen LogP contribution in [0.2, 0.25) is 0 Å². The number of aliphatic hydroxyl groups excluding tert-OH is 1. The summed E-state index contributed by atoms with van der Waals surface area (Å²) in [6, 6.07) is 7.68. The molecule has 2 atom stereocenters. The van der Waals surface area contributed by atoms with Crippen LogP contribution in [0, 0.1) is 0 Å². The van der Waals surface area contributed by atoms with E-state index < -0.39 is 0 Å². The van der Waals surface area contributed by atoms with Crippen molar-refractivity contribution in [3.8, 4) is 5.75 Å². The number of aliphatic hydroxyl groups is 1. The van der Waals surface area contributed by atoms with Gasteiger partial charge in [-0.15, -0.1) is 0 Å². The lowest BCUT2D eigenvalue weighted by atomic mass is 10.1. The maximum absolute atomic E-state index is 9.61. The number of hydrogen-bond donors (Lipinski definition) is 1. The normalized spacial score (nSPS) is 14.7. The first-order valence-electron chi connectivity index (χ1n) is 5.62. The first-order chi connectivity index (χ1) is 7.17. The molecule has 1 rings (SSSR count). The van der Waals surface area contributed by atoms with E-state index >= 15 is 0 Å².